The molecule has 0 saturated carbocycles. The second-order valence-electron chi connectivity index (χ2n) is 3.62. The van der Waals surface area contributed by atoms with E-state index in [0.29, 0.717) is 0 Å². The Balaban J connectivity index is 0. The Morgan fingerprint density at radius 2 is 1.00 bits per heavy atom. The molecule has 0 amide bonds. The van der Waals surface area contributed by atoms with E-state index in [0.717, 1.165) is 0 Å². The third-order valence-electron chi connectivity index (χ3n) is 2.06. The van der Waals surface area contributed by atoms with E-state index < -0.39 is 0 Å². The van der Waals surface area contributed by atoms with Gasteiger partial charge in [0, 0.05) is 0 Å². The van der Waals surface area contributed by atoms with Crippen LogP contribution < -0.4 is 0 Å². The molecule has 0 saturated heterocycles. The zero-order chi connectivity index (χ0) is 11.1. The molecule has 2 heteroatoms. The number of hydrogen-bond acceptors (Lipinski definition) is 0. The third kappa shape index (κ3) is 23.4. The van der Waals surface area contributed by atoms with E-state index in [2.05, 4.69) is 13.8 Å². The van der Waals surface area contributed by atoms with E-state index in [1.807, 2.05) is 0 Å². The van der Waals surface area contributed by atoms with E-state index in [1.54, 1.807) is 45.0 Å². The van der Waals surface area contributed by atoms with Crippen LogP contribution in [-0.4, -0.2) is 45.0 Å². The Hall–Kier alpha value is 1.60. The molecule has 0 bridgehead atoms. The molecule has 0 atom stereocenters. The van der Waals surface area contributed by atoms with Crippen LogP contribution in [0.5, 0.6) is 0 Å². The van der Waals surface area contributed by atoms with Gasteiger partial charge in [-0.05, 0) is 0 Å². The Bertz CT molecular complexity index is 66.7. The second kappa shape index (κ2) is 20.1. The van der Waals surface area contributed by atoms with Gasteiger partial charge in [0.1, 0.15) is 0 Å². The first kappa shape index (κ1) is 18.0. The number of rotatable bonds is 8. The van der Waals surface area contributed by atoms with E-state index >= 15 is 0 Å². The summed E-state index contributed by atoms with van der Waals surface area (Å²) in [7, 11) is 0. The van der Waals surface area contributed by atoms with E-state index in [9.17, 15) is 0 Å². The summed E-state index contributed by atoms with van der Waals surface area (Å²) >= 11 is 3.39. The van der Waals surface area contributed by atoms with Crippen LogP contribution in [0.25, 0.3) is 0 Å². The summed E-state index contributed by atoms with van der Waals surface area (Å²) in [5.74, 6) is 0. The summed E-state index contributed by atoms with van der Waals surface area (Å²) in [6.45, 7) is 4.49. The molecule has 0 aliphatic rings. The summed E-state index contributed by atoms with van der Waals surface area (Å²) < 4.78 is 2.89. The maximum absolute atomic E-state index is 2.27. The van der Waals surface area contributed by atoms with Gasteiger partial charge in [-0.2, -0.15) is 0 Å². The molecule has 0 fully saturated rings. The summed E-state index contributed by atoms with van der Waals surface area (Å²) in [6, 6.07) is 0. The van der Waals surface area contributed by atoms with Crippen LogP contribution in [0, 0.1) is 0 Å². The standard InChI is InChI=1S/C8H17.C4H9.2Sn/c1-3-5-7-8-6-4-2;1-3-4-2;;/h1,3-8H2,2H3;1,3-4H2,2H3;;. The monoisotopic (exact) mass is 410 g/mol. The first-order valence-corrected chi connectivity index (χ1v) is 10.2. The van der Waals surface area contributed by atoms with Crippen molar-refractivity contribution in [2.75, 3.05) is 0 Å². The van der Waals surface area contributed by atoms with E-state index in [4.69, 9.17) is 0 Å². The summed E-state index contributed by atoms with van der Waals surface area (Å²) in [5.41, 5.74) is 0. The Morgan fingerprint density at radius 3 is 1.36 bits per heavy atom. The van der Waals surface area contributed by atoms with Crippen LogP contribution in [0.4, 0.5) is 0 Å². The van der Waals surface area contributed by atoms with Crippen LogP contribution in [0.15, 0.2) is 0 Å². The average molecular weight is 408 g/mol. The zero-order valence-corrected chi connectivity index (χ0v) is 15.8. The van der Waals surface area contributed by atoms with Gasteiger partial charge in [0.2, 0.25) is 0 Å². The van der Waals surface area contributed by atoms with Crippen LogP contribution in [0.1, 0.15) is 65.2 Å². The van der Waals surface area contributed by atoms with Crippen molar-refractivity contribution in [3.63, 3.8) is 0 Å². The Morgan fingerprint density at radius 1 is 0.571 bits per heavy atom. The molecular formula is C12H26Sn2. The fourth-order valence-electron chi connectivity index (χ4n) is 1.08. The van der Waals surface area contributed by atoms with Gasteiger partial charge in [-0.15, -0.1) is 0 Å². The van der Waals surface area contributed by atoms with Gasteiger partial charge < -0.3 is 0 Å². The van der Waals surface area contributed by atoms with E-state index in [1.165, 1.54) is 60.2 Å². The SMILES string of the molecule is CCCCCCC[CH2][Sn].CCC[CH2][Sn]. The first-order valence-electron chi connectivity index (χ1n) is 6.12. The molecular weight excluding hydrogens is 382 g/mol. The molecule has 0 N–H and O–H groups in total. The normalized spacial score (nSPS) is 9.43. The molecule has 14 heavy (non-hydrogen) atoms. The maximum atomic E-state index is 2.27. The molecule has 0 heterocycles. The van der Waals surface area contributed by atoms with Crippen LogP contribution >= 0.6 is 0 Å². The second-order valence-corrected chi connectivity index (χ2v) is 6.48. The molecule has 0 unspecified atom stereocenters. The van der Waals surface area contributed by atoms with Gasteiger partial charge in [0.15, 0.2) is 0 Å². The van der Waals surface area contributed by atoms with Gasteiger partial charge in [-0.1, -0.05) is 0 Å². The summed E-state index contributed by atoms with van der Waals surface area (Å²) in [4.78, 5) is 0. The minimum atomic E-state index is 1.37. The quantitative estimate of drug-likeness (QED) is 0.415. The van der Waals surface area contributed by atoms with Gasteiger partial charge in [-0.3, -0.25) is 0 Å². The van der Waals surface area contributed by atoms with Crippen molar-refractivity contribution < 1.29 is 0 Å². The molecule has 0 aromatic heterocycles. The molecule has 0 aromatic rings. The van der Waals surface area contributed by atoms with Gasteiger partial charge in [0.25, 0.3) is 0 Å². The molecule has 0 nitrogen and oxygen atoms in total. The third-order valence-corrected chi connectivity index (χ3v) is 4.08. The van der Waals surface area contributed by atoms with Crippen LogP contribution in [0.3, 0.4) is 0 Å². The number of hydrogen-bond donors (Lipinski definition) is 0. The summed E-state index contributed by atoms with van der Waals surface area (Å²) in [5, 5.41) is 0. The molecule has 0 aliphatic carbocycles. The van der Waals surface area contributed by atoms with Crippen molar-refractivity contribution in [1.82, 2.24) is 0 Å². The van der Waals surface area contributed by atoms with Crippen molar-refractivity contribution in [3.8, 4) is 0 Å². The topological polar surface area (TPSA) is 0 Å². The van der Waals surface area contributed by atoms with Crippen molar-refractivity contribution in [3.05, 3.63) is 0 Å². The molecule has 0 aromatic carbocycles. The van der Waals surface area contributed by atoms with Crippen LogP contribution in [0.2, 0.25) is 8.87 Å². The molecule has 0 aliphatic heterocycles. The van der Waals surface area contributed by atoms with Crippen molar-refractivity contribution in [2.45, 2.75) is 74.1 Å². The van der Waals surface area contributed by atoms with Crippen molar-refractivity contribution in [1.29, 1.82) is 0 Å². The molecule has 82 valence electrons. The van der Waals surface area contributed by atoms with Gasteiger partial charge >= 0.3 is 119 Å². The molecule has 6 radical (unpaired) electrons. The summed E-state index contributed by atoms with van der Waals surface area (Å²) in [6.07, 6.45) is 11.5. The molecule has 0 rings (SSSR count). The molecule has 0 spiro atoms. The predicted molar refractivity (Wildman–Crippen MR) is 69.4 cm³/mol. The Labute approximate surface area is 118 Å². The van der Waals surface area contributed by atoms with Crippen molar-refractivity contribution in [2.24, 2.45) is 0 Å². The number of unbranched alkanes of at least 4 members (excludes halogenated alkanes) is 6. The zero-order valence-electron chi connectivity index (χ0n) is 10.1. The van der Waals surface area contributed by atoms with Crippen LogP contribution in [-0.2, 0) is 0 Å². The fourth-order valence-corrected chi connectivity index (χ4v) is 2.80. The van der Waals surface area contributed by atoms with E-state index in [-0.39, 0.29) is 0 Å². The van der Waals surface area contributed by atoms with Gasteiger partial charge in [-0.25, -0.2) is 0 Å². The Kier molecular flexibility index (Phi) is 25.8. The first-order chi connectivity index (χ1) is 6.83. The van der Waals surface area contributed by atoms with Gasteiger partial charge in [0.05, 0.1) is 0 Å². The fraction of sp³-hybridized carbons (Fsp3) is 1.00. The minimum absolute atomic E-state index is 1.37. The predicted octanol–water partition coefficient (Wildman–Crippen LogP) is 4.31. The van der Waals surface area contributed by atoms with Crippen molar-refractivity contribution >= 4 is 45.0 Å². The average Bonchev–Trinajstić information content (AvgIpc) is 2.20.